The maximum Gasteiger partial charge on any atom is 0.295 e. The first-order valence-corrected chi connectivity index (χ1v) is 11.3. The van der Waals surface area contributed by atoms with Crippen LogP contribution in [0, 0.1) is 0 Å². The molecular formula is C27H24ClNO6. The minimum atomic E-state index is -0.931. The van der Waals surface area contributed by atoms with Crippen LogP contribution in [0.2, 0.25) is 5.02 Å². The number of phenols is 1. The van der Waals surface area contributed by atoms with E-state index in [1.165, 1.54) is 17.0 Å². The number of benzene rings is 3. The quantitative estimate of drug-likeness (QED) is 0.271. The number of hydrogen-bond acceptors (Lipinski definition) is 6. The second-order valence-electron chi connectivity index (χ2n) is 7.95. The van der Waals surface area contributed by atoms with E-state index in [2.05, 4.69) is 0 Å². The molecule has 1 aliphatic rings. The zero-order chi connectivity index (χ0) is 25.1. The molecule has 0 saturated carbocycles. The first-order chi connectivity index (χ1) is 16.8. The Labute approximate surface area is 207 Å². The molecular weight excluding hydrogens is 470 g/mol. The molecule has 1 fully saturated rings. The summed E-state index contributed by atoms with van der Waals surface area (Å²) in [4.78, 5) is 27.9. The van der Waals surface area contributed by atoms with Crippen LogP contribution in [0.15, 0.2) is 72.3 Å². The molecule has 1 heterocycles. The lowest BCUT2D eigenvalue weighted by Gasteiger charge is -2.26. The lowest BCUT2D eigenvalue weighted by molar-refractivity contribution is -0.140. The van der Waals surface area contributed by atoms with Gasteiger partial charge in [-0.15, -0.1) is 0 Å². The number of ketones is 1. The maximum atomic E-state index is 13.2. The number of nitrogens with zero attached hydrogens (tertiary/aromatic N) is 1. The molecule has 0 radical (unpaired) electrons. The van der Waals surface area contributed by atoms with E-state index in [1.807, 2.05) is 6.07 Å². The van der Waals surface area contributed by atoms with E-state index >= 15 is 0 Å². The summed E-state index contributed by atoms with van der Waals surface area (Å²) in [6.07, 6.45) is 0. The number of carbonyl (C=O) groups is 2. The van der Waals surface area contributed by atoms with Crippen molar-refractivity contribution in [2.75, 3.05) is 13.7 Å². The summed E-state index contributed by atoms with van der Waals surface area (Å²) in [5.41, 5.74) is 1.47. The summed E-state index contributed by atoms with van der Waals surface area (Å²) in [7, 11) is 1.54. The van der Waals surface area contributed by atoms with Gasteiger partial charge in [-0.05, 0) is 54.4 Å². The van der Waals surface area contributed by atoms with Gasteiger partial charge in [0.05, 0.1) is 25.3 Å². The van der Waals surface area contributed by atoms with Crippen LogP contribution in [-0.2, 0) is 16.1 Å². The monoisotopic (exact) mass is 493 g/mol. The first kappa shape index (κ1) is 24.2. The molecule has 0 aromatic heterocycles. The molecule has 0 bridgehead atoms. The number of ether oxygens (including phenoxy) is 2. The highest BCUT2D eigenvalue weighted by Crippen LogP contribution is 2.42. The molecule has 3 aromatic carbocycles. The summed E-state index contributed by atoms with van der Waals surface area (Å²) < 4.78 is 10.8. The van der Waals surface area contributed by atoms with Gasteiger partial charge in [0.1, 0.15) is 11.5 Å². The molecule has 1 amide bonds. The van der Waals surface area contributed by atoms with Gasteiger partial charge in [0.15, 0.2) is 11.5 Å². The molecule has 2 N–H and O–H groups in total. The average molecular weight is 494 g/mol. The molecule has 0 aliphatic carbocycles. The standard InChI is InChI=1S/C27H24ClNO6/c1-3-35-22-14-17(10-11-21(22)30)24-23(25(31)18-7-5-8-19(28)13-18)26(32)27(33)29(24)15-16-6-4-9-20(12-16)34-2/h4-14,24,30-31H,3,15H2,1-2H3/b25-23-. The van der Waals surface area contributed by atoms with E-state index in [9.17, 15) is 19.8 Å². The highest BCUT2D eigenvalue weighted by Gasteiger charge is 2.46. The van der Waals surface area contributed by atoms with Crippen molar-refractivity contribution in [2.24, 2.45) is 0 Å². The number of halogens is 1. The van der Waals surface area contributed by atoms with Crippen molar-refractivity contribution < 1.29 is 29.3 Å². The Morgan fingerprint density at radius 2 is 1.83 bits per heavy atom. The Bertz CT molecular complexity index is 1320. The maximum absolute atomic E-state index is 13.2. The number of aromatic hydroxyl groups is 1. The predicted molar refractivity (Wildman–Crippen MR) is 132 cm³/mol. The largest absolute Gasteiger partial charge is 0.507 e. The number of likely N-dealkylation sites (tertiary alicyclic amines) is 1. The number of phenolic OH excluding ortho intramolecular Hbond substituents is 1. The van der Waals surface area contributed by atoms with Crippen LogP contribution < -0.4 is 9.47 Å². The summed E-state index contributed by atoms with van der Waals surface area (Å²) in [6, 6.07) is 17.2. The SMILES string of the molecule is CCOc1cc(C2/C(=C(/O)c3cccc(Cl)c3)C(=O)C(=O)N2Cc2cccc(OC)c2)ccc1O. The molecule has 4 rings (SSSR count). The number of aliphatic hydroxyl groups is 1. The second-order valence-corrected chi connectivity index (χ2v) is 8.39. The van der Waals surface area contributed by atoms with Crippen molar-refractivity contribution >= 4 is 29.1 Å². The van der Waals surface area contributed by atoms with Crippen molar-refractivity contribution in [3.8, 4) is 17.2 Å². The highest BCUT2D eigenvalue weighted by atomic mass is 35.5. The third-order valence-electron chi connectivity index (χ3n) is 5.72. The highest BCUT2D eigenvalue weighted by molar-refractivity contribution is 6.46. The van der Waals surface area contributed by atoms with Crippen LogP contribution in [0.25, 0.3) is 5.76 Å². The van der Waals surface area contributed by atoms with Gasteiger partial charge in [-0.3, -0.25) is 9.59 Å². The van der Waals surface area contributed by atoms with Crippen LogP contribution in [-0.4, -0.2) is 40.5 Å². The zero-order valence-electron chi connectivity index (χ0n) is 19.2. The number of carbonyl (C=O) groups excluding carboxylic acids is 2. The third-order valence-corrected chi connectivity index (χ3v) is 5.96. The number of hydrogen-bond donors (Lipinski definition) is 2. The number of methoxy groups -OCH3 is 1. The summed E-state index contributed by atoms with van der Waals surface area (Å²) in [5.74, 6) is -1.17. The van der Waals surface area contributed by atoms with Gasteiger partial charge >= 0.3 is 0 Å². The first-order valence-electron chi connectivity index (χ1n) is 11.0. The van der Waals surface area contributed by atoms with E-state index < -0.39 is 17.7 Å². The minimum absolute atomic E-state index is 0.0739. The van der Waals surface area contributed by atoms with Gasteiger partial charge in [0, 0.05) is 17.1 Å². The van der Waals surface area contributed by atoms with Crippen LogP contribution in [0.4, 0.5) is 0 Å². The van der Waals surface area contributed by atoms with E-state index in [0.29, 0.717) is 28.5 Å². The molecule has 35 heavy (non-hydrogen) atoms. The van der Waals surface area contributed by atoms with Gasteiger partial charge in [-0.2, -0.15) is 0 Å². The molecule has 3 aromatic rings. The molecule has 1 atom stereocenters. The Balaban J connectivity index is 1.88. The van der Waals surface area contributed by atoms with Crippen molar-refractivity contribution in [3.63, 3.8) is 0 Å². The molecule has 1 saturated heterocycles. The summed E-state index contributed by atoms with van der Waals surface area (Å²) in [6.45, 7) is 2.17. The minimum Gasteiger partial charge on any atom is -0.507 e. The van der Waals surface area contributed by atoms with Crippen LogP contribution >= 0.6 is 11.6 Å². The normalized spacial score (nSPS) is 17.0. The topological polar surface area (TPSA) is 96.3 Å². The Morgan fingerprint density at radius 1 is 1.06 bits per heavy atom. The van der Waals surface area contributed by atoms with Crippen LogP contribution in [0.5, 0.6) is 17.2 Å². The van der Waals surface area contributed by atoms with Crippen molar-refractivity contribution in [2.45, 2.75) is 19.5 Å². The van der Waals surface area contributed by atoms with Crippen molar-refractivity contribution in [1.82, 2.24) is 4.90 Å². The Kier molecular flexibility index (Phi) is 6.98. The van der Waals surface area contributed by atoms with Gasteiger partial charge in [0.2, 0.25) is 0 Å². The third kappa shape index (κ3) is 4.81. The fourth-order valence-electron chi connectivity index (χ4n) is 4.12. The van der Waals surface area contributed by atoms with Gasteiger partial charge in [-0.25, -0.2) is 0 Å². The smallest absolute Gasteiger partial charge is 0.295 e. The van der Waals surface area contributed by atoms with Crippen LogP contribution in [0.3, 0.4) is 0 Å². The van der Waals surface area contributed by atoms with Crippen molar-refractivity contribution in [1.29, 1.82) is 0 Å². The lowest BCUT2D eigenvalue weighted by Crippen LogP contribution is -2.29. The van der Waals surface area contributed by atoms with E-state index in [4.69, 9.17) is 21.1 Å². The van der Waals surface area contributed by atoms with Gasteiger partial charge < -0.3 is 24.6 Å². The summed E-state index contributed by atoms with van der Waals surface area (Å²) in [5, 5.41) is 21.7. The second kappa shape index (κ2) is 10.1. The average Bonchev–Trinajstić information content (AvgIpc) is 3.10. The molecule has 1 unspecified atom stereocenters. The van der Waals surface area contributed by atoms with E-state index in [-0.39, 0.29) is 29.4 Å². The molecule has 8 heteroatoms. The number of rotatable bonds is 7. The predicted octanol–water partition coefficient (Wildman–Crippen LogP) is 5.07. The fourth-order valence-corrected chi connectivity index (χ4v) is 4.31. The molecule has 180 valence electrons. The number of aliphatic hydroxyl groups excluding tert-OH is 1. The van der Waals surface area contributed by atoms with E-state index in [0.717, 1.165) is 5.56 Å². The molecule has 1 aliphatic heterocycles. The molecule has 0 spiro atoms. The van der Waals surface area contributed by atoms with Gasteiger partial charge in [-0.1, -0.05) is 41.9 Å². The van der Waals surface area contributed by atoms with Crippen molar-refractivity contribution in [3.05, 3.63) is 94.0 Å². The lowest BCUT2D eigenvalue weighted by atomic mass is 9.95. The van der Waals surface area contributed by atoms with Gasteiger partial charge in [0.25, 0.3) is 11.7 Å². The fraction of sp³-hybridized carbons (Fsp3) is 0.185. The molecule has 7 nitrogen and oxygen atoms in total. The number of amides is 1. The number of Topliss-reactive ketones (excluding diaryl/α,β-unsaturated/α-hetero) is 1. The van der Waals surface area contributed by atoms with Crippen LogP contribution in [0.1, 0.15) is 29.7 Å². The summed E-state index contributed by atoms with van der Waals surface area (Å²) >= 11 is 6.10. The zero-order valence-corrected chi connectivity index (χ0v) is 20.0. The van der Waals surface area contributed by atoms with E-state index in [1.54, 1.807) is 62.6 Å². The Hall–Kier alpha value is -3.97. The Morgan fingerprint density at radius 3 is 2.54 bits per heavy atom.